The molecular formula is C30H30BrN3O5. The molecule has 1 aromatic heterocycles. The van der Waals surface area contributed by atoms with Gasteiger partial charge in [-0.15, -0.1) is 0 Å². The Labute approximate surface area is 234 Å². The number of likely N-dealkylation sites (tertiary alicyclic amines) is 1. The number of benzene rings is 2. The predicted molar refractivity (Wildman–Crippen MR) is 150 cm³/mol. The number of carboxylic acid groups (broad SMARTS) is 1. The summed E-state index contributed by atoms with van der Waals surface area (Å²) in [6.07, 6.45) is 2.74. The van der Waals surface area contributed by atoms with E-state index in [0.717, 1.165) is 28.4 Å². The van der Waals surface area contributed by atoms with Crippen LogP contribution in [0.25, 0.3) is 0 Å². The van der Waals surface area contributed by atoms with Gasteiger partial charge in [0.15, 0.2) is 5.78 Å². The first-order valence-corrected chi connectivity index (χ1v) is 13.9. The summed E-state index contributed by atoms with van der Waals surface area (Å²) < 4.78 is 0.745. The molecule has 0 spiro atoms. The van der Waals surface area contributed by atoms with Crippen molar-refractivity contribution in [1.82, 2.24) is 14.8 Å². The molecule has 2 aliphatic rings. The predicted octanol–water partition coefficient (Wildman–Crippen LogP) is 4.95. The van der Waals surface area contributed by atoms with Gasteiger partial charge < -0.3 is 19.9 Å². The van der Waals surface area contributed by atoms with Crippen molar-refractivity contribution in [2.45, 2.75) is 44.7 Å². The van der Waals surface area contributed by atoms with Crippen molar-refractivity contribution < 1.29 is 19.5 Å². The first-order valence-electron chi connectivity index (χ1n) is 13.1. The molecule has 2 unspecified atom stereocenters. The molecule has 1 aliphatic carbocycles. The maximum atomic E-state index is 14.2. The van der Waals surface area contributed by atoms with Crippen molar-refractivity contribution in [3.8, 4) is 0 Å². The van der Waals surface area contributed by atoms with Gasteiger partial charge >= 0.3 is 6.09 Å². The summed E-state index contributed by atoms with van der Waals surface area (Å²) in [5, 5.41) is 9.70. The lowest BCUT2D eigenvalue weighted by atomic mass is 9.78. The molecule has 1 saturated carbocycles. The van der Waals surface area contributed by atoms with Crippen LogP contribution < -0.4 is 5.56 Å². The molecular weight excluding hydrogens is 562 g/mol. The number of halogens is 1. The van der Waals surface area contributed by atoms with Gasteiger partial charge in [-0.3, -0.25) is 14.4 Å². The summed E-state index contributed by atoms with van der Waals surface area (Å²) in [6.45, 7) is 2.42. The molecule has 0 radical (unpaired) electrons. The third-order valence-corrected chi connectivity index (χ3v) is 8.19. The summed E-state index contributed by atoms with van der Waals surface area (Å²) in [6, 6.07) is 16.5. The van der Waals surface area contributed by atoms with Crippen LogP contribution in [0.1, 0.15) is 57.8 Å². The molecule has 8 nitrogen and oxygen atoms in total. The lowest BCUT2D eigenvalue weighted by Crippen LogP contribution is -2.50. The van der Waals surface area contributed by atoms with Crippen LogP contribution in [-0.4, -0.2) is 56.8 Å². The van der Waals surface area contributed by atoms with Crippen LogP contribution in [-0.2, 0) is 11.3 Å². The summed E-state index contributed by atoms with van der Waals surface area (Å²) in [5.41, 5.74) is 3.07. The zero-order chi connectivity index (χ0) is 27.7. The Morgan fingerprint density at radius 3 is 2.49 bits per heavy atom. The van der Waals surface area contributed by atoms with E-state index in [1.165, 1.54) is 4.90 Å². The van der Waals surface area contributed by atoms with Crippen molar-refractivity contribution in [3.05, 3.63) is 103 Å². The van der Waals surface area contributed by atoms with E-state index in [1.54, 1.807) is 31.3 Å². The number of aromatic amines is 1. The zero-order valence-electron chi connectivity index (χ0n) is 21.6. The lowest BCUT2D eigenvalue weighted by molar-refractivity contribution is -0.139. The molecule has 39 heavy (non-hydrogen) atoms. The van der Waals surface area contributed by atoms with E-state index in [9.17, 15) is 24.3 Å². The topological polar surface area (TPSA) is 111 Å². The van der Waals surface area contributed by atoms with Crippen molar-refractivity contribution in [1.29, 1.82) is 0 Å². The van der Waals surface area contributed by atoms with E-state index < -0.39 is 12.0 Å². The van der Waals surface area contributed by atoms with Crippen LogP contribution in [0.15, 0.2) is 70.1 Å². The molecule has 2 heterocycles. The number of aromatic nitrogens is 1. The number of amides is 2. The van der Waals surface area contributed by atoms with Gasteiger partial charge in [-0.2, -0.15) is 0 Å². The Bertz CT molecular complexity index is 1470. The average molecular weight is 592 g/mol. The standard InChI is InChI=1S/C30H30BrN3O5/c1-18-24(9-11-32-28(18)36)25-10-12-33(30(38)39)17-26(25)29(37)34(23-7-8-23)16-19-13-21(15-22(31)14-19)27(35)20-5-3-2-4-6-20/h2-6,9,11,13-15,23,25-26H,7-8,10,12,16-17H2,1H3,(H,32,36)(H,38,39). The SMILES string of the molecule is Cc1c(C2CCN(C(=O)O)CC2C(=O)N(Cc2cc(Br)cc(C(=O)c3ccccc3)c2)C2CC2)cc[nH]c1=O. The number of carbonyl (C=O) groups excluding carboxylic acids is 2. The molecule has 2 aromatic carbocycles. The number of nitrogens with one attached hydrogen (secondary N) is 1. The molecule has 1 saturated heterocycles. The number of hydrogen-bond acceptors (Lipinski definition) is 4. The van der Waals surface area contributed by atoms with Crippen LogP contribution in [0, 0.1) is 12.8 Å². The third-order valence-electron chi connectivity index (χ3n) is 7.73. The highest BCUT2D eigenvalue weighted by Crippen LogP contribution is 2.38. The van der Waals surface area contributed by atoms with Crippen LogP contribution in [0.3, 0.4) is 0 Å². The number of carbonyl (C=O) groups is 3. The third kappa shape index (κ3) is 5.83. The fourth-order valence-electron chi connectivity index (χ4n) is 5.53. The molecule has 2 N–H and O–H groups in total. The number of ketones is 1. The Morgan fingerprint density at radius 2 is 1.79 bits per heavy atom. The van der Waals surface area contributed by atoms with Crippen LogP contribution in [0.2, 0.25) is 0 Å². The van der Waals surface area contributed by atoms with E-state index in [2.05, 4.69) is 20.9 Å². The van der Waals surface area contributed by atoms with Gasteiger partial charge in [0, 0.05) is 53.0 Å². The number of H-pyrrole nitrogens is 1. The van der Waals surface area contributed by atoms with Gasteiger partial charge in [0.25, 0.3) is 5.56 Å². The number of hydrogen-bond donors (Lipinski definition) is 2. The molecule has 3 aromatic rings. The first-order chi connectivity index (χ1) is 18.7. The van der Waals surface area contributed by atoms with Gasteiger partial charge in [-0.1, -0.05) is 46.3 Å². The summed E-state index contributed by atoms with van der Waals surface area (Å²) in [7, 11) is 0. The second-order valence-electron chi connectivity index (χ2n) is 10.4. The van der Waals surface area contributed by atoms with Crippen molar-refractivity contribution in [2.24, 2.45) is 5.92 Å². The van der Waals surface area contributed by atoms with Gasteiger partial charge in [-0.05, 0) is 67.5 Å². The van der Waals surface area contributed by atoms with Gasteiger partial charge in [0.05, 0.1) is 5.92 Å². The molecule has 0 bridgehead atoms. The maximum absolute atomic E-state index is 14.2. The molecule has 9 heteroatoms. The number of piperidine rings is 1. The Balaban J connectivity index is 1.46. The van der Waals surface area contributed by atoms with E-state index in [-0.39, 0.29) is 35.8 Å². The normalized spacial score (nSPS) is 19.0. The monoisotopic (exact) mass is 591 g/mol. The second kappa shape index (κ2) is 11.2. The van der Waals surface area contributed by atoms with E-state index in [0.29, 0.717) is 36.2 Å². The number of nitrogens with zero attached hydrogens (tertiary/aromatic N) is 2. The summed E-state index contributed by atoms with van der Waals surface area (Å²) >= 11 is 3.53. The second-order valence-corrected chi connectivity index (χ2v) is 11.3. The molecule has 5 rings (SSSR count). The van der Waals surface area contributed by atoms with Crippen LogP contribution >= 0.6 is 15.9 Å². The Hall–Kier alpha value is -3.72. The minimum Gasteiger partial charge on any atom is -0.465 e. The molecule has 2 atom stereocenters. The Kier molecular flexibility index (Phi) is 7.70. The fraction of sp³-hybridized carbons (Fsp3) is 0.333. The molecule has 2 fully saturated rings. The summed E-state index contributed by atoms with van der Waals surface area (Å²) in [5.74, 6) is -1.11. The quantitative estimate of drug-likeness (QED) is 0.378. The maximum Gasteiger partial charge on any atom is 0.407 e. The highest BCUT2D eigenvalue weighted by molar-refractivity contribution is 9.10. The molecule has 2 amide bonds. The largest absolute Gasteiger partial charge is 0.465 e. The van der Waals surface area contributed by atoms with Gasteiger partial charge in [0.1, 0.15) is 0 Å². The van der Waals surface area contributed by atoms with Crippen molar-refractivity contribution in [3.63, 3.8) is 0 Å². The van der Waals surface area contributed by atoms with Crippen LogP contribution in [0.5, 0.6) is 0 Å². The van der Waals surface area contributed by atoms with E-state index in [4.69, 9.17) is 0 Å². The highest BCUT2D eigenvalue weighted by atomic mass is 79.9. The molecule has 202 valence electrons. The van der Waals surface area contributed by atoms with Gasteiger partial charge in [0.2, 0.25) is 5.91 Å². The van der Waals surface area contributed by atoms with Crippen LogP contribution in [0.4, 0.5) is 4.79 Å². The van der Waals surface area contributed by atoms with Gasteiger partial charge in [-0.25, -0.2) is 4.79 Å². The number of pyridine rings is 1. The highest BCUT2D eigenvalue weighted by Gasteiger charge is 2.43. The zero-order valence-corrected chi connectivity index (χ0v) is 23.2. The Morgan fingerprint density at radius 1 is 1.05 bits per heavy atom. The summed E-state index contributed by atoms with van der Waals surface area (Å²) in [4.78, 5) is 57.4. The van der Waals surface area contributed by atoms with E-state index >= 15 is 0 Å². The fourth-order valence-corrected chi connectivity index (χ4v) is 6.07. The number of rotatable bonds is 7. The van der Waals surface area contributed by atoms with Crippen molar-refractivity contribution in [2.75, 3.05) is 13.1 Å². The molecule has 1 aliphatic heterocycles. The lowest BCUT2D eigenvalue weighted by Gasteiger charge is -2.39. The van der Waals surface area contributed by atoms with E-state index in [1.807, 2.05) is 41.3 Å². The average Bonchev–Trinajstić information content (AvgIpc) is 3.78. The van der Waals surface area contributed by atoms with Crippen molar-refractivity contribution >= 4 is 33.7 Å². The minimum atomic E-state index is -1.05. The first kappa shape index (κ1) is 26.9. The smallest absolute Gasteiger partial charge is 0.407 e. The minimum absolute atomic E-state index is 0.0610.